The molecule has 1 saturated heterocycles. The summed E-state index contributed by atoms with van der Waals surface area (Å²) in [6.07, 6.45) is 0. The SMILES string of the molecule is Fc1cccc(CN2CCN(Cc3ccc4c(c3)OCO4)CC2)c1F. The quantitative estimate of drug-likeness (QED) is 0.850. The molecule has 2 aromatic rings. The molecule has 2 heterocycles. The van der Waals surface area contributed by atoms with Gasteiger partial charge in [-0.1, -0.05) is 18.2 Å². The number of nitrogens with zero attached hydrogens (tertiary/aromatic N) is 2. The van der Waals surface area contributed by atoms with Gasteiger partial charge in [-0.05, 0) is 23.8 Å². The first-order chi connectivity index (χ1) is 12.2. The Bertz CT molecular complexity index is 761. The van der Waals surface area contributed by atoms with Gasteiger partial charge < -0.3 is 9.47 Å². The molecule has 0 aliphatic carbocycles. The fourth-order valence-electron chi connectivity index (χ4n) is 3.31. The summed E-state index contributed by atoms with van der Waals surface area (Å²) in [4.78, 5) is 4.52. The van der Waals surface area contributed by atoms with Gasteiger partial charge in [-0.2, -0.15) is 0 Å². The Morgan fingerprint density at radius 3 is 2.36 bits per heavy atom. The van der Waals surface area contributed by atoms with Crippen molar-refractivity contribution in [3.63, 3.8) is 0 Å². The normalized spacial score (nSPS) is 17.8. The number of hydrogen-bond acceptors (Lipinski definition) is 4. The van der Waals surface area contributed by atoms with Crippen LogP contribution >= 0.6 is 0 Å². The first kappa shape index (κ1) is 16.3. The van der Waals surface area contributed by atoms with Crippen LogP contribution in [0.15, 0.2) is 36.4 Å². The first-order valence-corrected chi connectivity index (χ1v) is 8.45. The number of halogens is 2. The van der Waals surface area contributed by atoms with E-state index < -0.39 is 11.6 Å². The first-order valence-electron chi connectivity index (χ1n) is 8.45. The summed E-state index contributed by atoms with van der Waals surface area (Å²) in [5.41, 5.74) is 1.61. The van der Waals surface area contributed by atoms with Crippen molar-refractivity contribution < 1.29 is 18.3 Å². The molecule has 0 amide bonds. The van der Waals surface area contributed by atoms with Crippen molar-refractivity contribution in [2.75, 3.05) is 33.0 Å². The molecule has 2 aliphatic rings. The van der Waals surface area contributed by atoms with Gasteiger partial charge in [0.25, 0.3) is 0 Å². The number of piperazine rings is 1. The Morgan fingerprint density at radius 2 is 1.56 bits per heavy atom. The average molecular weight is 346 g/mol. The van der Waals surface area contributed by atoms with Crippen LogP contribution in [0.1, 0.15) is 11.1 Å². The summed E-state index contributed by atoms with van der Waals surface area (Å²) in [7, 11) is 0. The fourth-order valence-corrected chi connectivity index (χ4v) is 3.31. The van der Waals surface area contributed by atoms with Crippen molar-refractivity contribution in [2.45, 2.75) is 13.1 Å². The van der Waals surface area contributed by atoms with Crippen LogP contribution in [0, 0.1) is 11.6 Å². The van der Waals surface area contributed by atoms with E-state index in [1.165, 1.54) is 5.56 Å². The lowest BCUT2D eigenvalue weighted by Crippen LogP contribution is -2.45. The van der Waals surface area contributed by atoms with Gasteiger partial charge in [-0.15, -0.1) is 0 Å². The number of rotatable bonds is 4. The molecule has 0 unspecified atom stereocenters. The predicted molar refractivity (Wildman–Crippen MR) is 89.5 cm³/mol. The second-order valence-electron chi connectivity index (χ2n) is 6.45. The Hall–Kier alpha value is -2.18. The molecule has 2 aromatic carbocycles. The maximum Gasteiger partial charge on any atom is 0.231 e. The van der Waals surface area contributed by atoms with E-state index in [-0.39, 0.29) is 6.79 Å². The molecule has 0 N–H and O–H groups in total. The third-order valence-corrected chi connectivity index (χ3v) is 4.73. The van der Waals surface area contributed by atoms with Crippen LogP contribution in [0.5, 0.6) is 11.5 Å². The maximum absolute atomic E-state index is 13.8. The van der Waals surface area contributed by atoms with Crippen molar-refractivity contribution in [1.29, 1.82) is 0 Å². The third kappa shape index (κ3) is 3.60. The van der Waals surface area contributed by atoms with Gasteiger partial charge in [-0.3, -0.25) is 9.80 Å². The Morgan fingerprint density at radius 1 is 0.840 bits per heavy atom. The highest BCUT2D eigenvalue weighted by Crippen LogP contribution is 2.32. The van der Waals surface area contributed by atoms with Gasteiger partial charge in [0, 0.05) is 44.8 Å². The molecule has 0 radical (unpaired) electrons. The molecule has 0 atom stereocenters. The Labute approximate surface area is 145 Å². The minimum Gasteiger partial charge on any atom is -0.454 e. The van der Waals surface area contributed by atoms with E-state index in [1.807, 2.05) is 12.1 Å². The minimum absolute atomic E-state index is 0.286. The molecular formula is C19H20F2N2O2. The van der Waals surface area contributed by atoms with E-state index in [9.17, 15) is 8.78 Å². The highest BCUT2D eigenvalue weighted by Gasteiger charge is 2.20. The lowest BCUT2D eigenvalue weighted by molar-refractivity contribution is 0.121. The van der Waals surface area contributed by atoms with Crippen LogP contribution < -0.4 is 9.47 Å². The molecule has 4 nitrogen and oxygen atoms in total. The predicted octanol–water partition coefficient (Wildman–Crippen LogP) is 3.01. The molecule has 132 valence electrons. The van der Waals surface area contributed by atoms with Gasteiger partial charge in [0.1, 0.15) is 0 Å². The van der Waals surface area contributed by atoms with Crippen LogP contribution in [0.2, 0.25) is 0 Å². The monoisotopic (exact) mass is 346 g/mol. The van der Waals surface area contributed by atoms with Gasteiger partial charge in [0.2, 0.25) is 6.79 Å². The van der Waals surface area contributed by atoms with Crippen LogP contribution in [0.3, 0.4) is 0 Å². The third-order valence-electron chi connectivity index (χ3n) is 4.73. The summed E-state index contributed by atoms with van der Waals surface area (Å²) in [6, 6.07) is 10.4. The number of benzene rings is 2. The Kier molecular flexibility index (Phi) is 4.55. The van der Waals surface area contributed by atoms with Gasteiger partial charge in [-0.25, -0.2) is 8.78 Å². The summed E-state index contributed by atoms with van der Waals surface area (Å²) >= 11 is 0. The highest BCUT2D eigenvalue weighted by molar-refractivity contribution is 5.44. The zero-order valence-electron chi connectivity index (χ0n) is 13.9. The lowest BCUT2D eigenvalue weighted by Gasteiger charge is -2.34. The molecule has 2 aliphatic heterocycles. The Balaban J connectivity index is 1.32. The van der Waals surface area contributed by atoms with Crippen LogP contribution in [-0.4, -0.2) is 42.8 Å². The second kappa shape index (κ2) is 6.98. The van der Waals surface area contributed by atoms with Crippen LogP contribution in [0.25, 0.3) is 0 Å². The van der Waals surface area contributed by atoms with E-state index in [4.69, 9.17) is 9.47 Å². The molecule has 25 heavy (non-hydrogen) atoms. The van der Waals surface area contributed by atoms with Crippen LogP contribution in [0.4, 0.5) is 8.78 Å². The van der Waals surface area contributed by atoms with E-state index in [0.29, 0.717) is 12.1 Å². The number of hydrogen-bond donors (Lipinski definition) is 0. The van der Waals surface area contributed by atoms with Crippen molar-refractivity contribution in [3.8, 4) is 11.5 Å². The lowest BCUT2D eigenvalue weighted by atomic mass is 10.1. The molecule has 4 rings (SSSR count). The van der Waals surface area contributed by atoms with E-state index in [2.05, 4.69) is 15.9 Å². The van der Waals surface area contributed by atoms with Crippen LogP contribution in [-0.2, 0) is 13.1 Å². The average Bonchev–Trinajstić information content (AvgIpc) is 3.08. The zero-order valence-corrected chi connectivity index (χ0v) is 13.9. The van der Waals surface area contributed by atoms with Gasteiger partial charge >= 0.3 is 0 Å². The number of fused-ring (bicyclic) bond motifs is 1. The second-order valence-corrected chi connectivity index (χ2v) is 6.45. The summed E-state index contributed by atoms with van der Waals surface area (Å²) in [5, 5.41) is 0. The van der Waals surface area contributed by atoms with Gasteiger partial charge in [0.05, 0.1) is 0 Å². The van der Waals surface area contributed by atoms with E-state index in [0.717, 1.165) is 50.3 Å². The van der Waals surface area contributed by atoms with E-state index >= 15 is 0 Å². The molecular weight excluding hydrogens is 326 g/mol. The minimum atomic E-state index is -0.779. The maximum atomic E-state index is 13.8. The number of ether oxygens (including phenoxy) is 2. The smallest absolute Gasteiger partial charge is 0.231 e. The standard InChI is InChI=1S/C19H20F2N2O2/c20-16-3-1-2-15(19(16)21)12-23-8-6-22(7-9-23)11-14-4-5-17-18(10-14)25-13-24-17/h1-5,10H,6-9,11-13H2. The summed E-state index contributed by atoms with van der Waals surface area (Å²) in [5.74, 6) is 0.0904. The van der Waals surface area contributed by atoms with Crippen molar-refractivity contribution >= 4 is 0 Å². The van der Waals surface area contributed by atoms with Crippen molar-refractivity contribution in [2.24, 2.45) is 0 Å². The zero-order chi connectivity index (χ0) is 17.2. The van der Waals surface area contributed by atoms with E-state index in [1.54, 1.807) is 12.1 Å². The summed E-state index contributed by atoms with van der Waals surface area (Å²) in [6.45, 7) is 5.03. The van der Waals surface area contributed by atoms with Crippen molar-refractivity contribution in [1.82, 2.24) is 9.80 Å². The highest BCUT2D eigenvalue weighted by atomic mass is 19.2. The largest absolute Gasteiger partial charge is 0.454 e. The molecule has 6 heteroatoms. The fraction of sp³-hybridized carbons (Fsp3) is 0.368. The molecule has 0 spiro atoms. The molecule has 0 bridgehead atoms. The van der Waals surface area contributed by atoms with Gasteiger partial charge in [0.15, 0.2) is 23.1 Å². The van der Waals surface area contributed by atoms with Crippen molar-refractivity contribution in [3.05, 3.63) is 59.2 Å². The molecule has 1 fully saturated rings. The topological polar surface area (TPSA) is 24.9 Å². The summed E-state index contributed by atoms with van der Waals surface area (Å²) < 4.78 is 37.9. The molecule has 0 saturated carbocycles. The molecule has 0 aromatic heterocycles.